The average molecular weight is 174 g/mol. The SMILES string of the molecule is COc1ccccc1.N#CCC#N. The molecule has 0 N–H and O–H groups in total. The molecule has 13 heavy (non-hydrogen) atoms. The predicted octanol–water partition coefficient (Wildman–Crippen LogP) is 2.12. The molecule has 0 unspecified atom stereocenters. The maximum absolute atomic E-state index is 7.59. The minimum absolute atomic E-state index is 0. The van der Waals surface area contributed by atoms with Crippen LogP contribution in [0.4, 0.5) is 0 Å². The van der Waals surface area contributed by atoms with E-state index in [9.17, 15) is 0 Å². The summed E-state index contributed by atoms with van der Waals surface area (Å²) in [4.78, 5) is 0. The van der Waals surface area contributed by atoms with Crippen LogP contribution in [0.3, 0.4) is 0 Å². The average Bonchev–Trinajstić information content (AvgIpc) is 2.21. The molecule has 3 nitrogen and oxygen atoms in total. The first-order valence-electron chi connectivity index (χ1n) is 3.68. The molecule has 0 saturated heterocycles. The van der Waals surface area contributed by atoms with Crippen LogP contribution in [0.25, 0.3) is 0 Å². The topological polar surface area (TPSA) is 56.8 Å². The summed E-state index contributed by atoms with van der Waals surface area (Å²) in [5.74, 6) is 0.910. The molecule has 0 atom stereocenters. The van der Waals surface area contributed by atoms with E-state index in [1.165, 1.54) is 0 Å². The molecule has 1 rings (SSSR count). The third-order valence-electron chi connectivity index (χ3n) is 1.14. The van der Waals surface area contributed by atoms with E-state index < -0.39 is 0 Å². The molecule has 0 aromatic heterocycles. The van der Waals surface area contributed by atoms with E-state index in [1.807, 2.05) is 30.3 Å². The standard InChI is InChI=1S/C7H8O.C3H2N2/c1-8-7-5-3-2-4-6-7;4-2-1-3-5/h2-6H,1H3;1H2. The van der Waals surface area contributed by atoms with Gasteiger partial charge in [0.2, 0.25) is 0 Å². The Balaban J connectivity index is 0.000000252. The highest BCUT2D eigenvalue weighted by Gasteiger charge is 1.80. The third kappa shape index (κ3) is 6.40. The first-order valence-corrected chi connectivity index (χ1v) is 3.68. The second-order valence-electron chi connectivity index (χ2n) is 2.01. The Labute approximate surface area is 77.8 Å². The highest BCUT2D eigenvalue weighted by Crippen LogP contribution is 2.05. The Morgan fingerprint density at radius 1 is 1.15 bits per heavy atom. The van der Waals surface area contributed by atoms with Crippen LogP contribution in [-0.2, 0) is 0 Å². The van der Waals surface area contributed by atoms with Crippen LogP contribution in [0, 0.1) is 22.7 Å². The Kier molecular flexibility index (Phi) is 6.85. The number of ether oxygens (including phenoxy) is 1. The fraction of sp³-hybridized carbons (Fsp3) is 0.200. The Bertz CT molecular complexity index is 283. The van der Waals surface area contributed by atoms with Crippen LogP contribution in [0.1, 0.15) is 6.42 Å². The smallest absolute Gasteiger partial charge is 0.122 e. The van der Waals surface area contributed by atoms with Crippen LogP contribution in [-0.4, -0.2) is 7.11 Å². The molecule has 0 spiro atoms. The van der Waals surface area contributed by atoms with Crippen molar-refractivity contribution in [2.24, 2.45) is 0 Å². The van der Waals surface area contributed by atoms with Gasteiger partial charge in [0.1, 0.15) is 12.2 Å². The largest absolute Gasteiger partial charge is 0.497 e. The van der Waals surface area contributed by atoms with Crippen LogP contribution in [0.2, 0.25) is 0 Å². The van der Waals surface area contributed by atoms with Crippen LogP contribution >= 0.6 is 0 Å². The number of hydrogen-bond acceptors (Lipinski definition) is 3. The maximum Gasteiger partial charge on any atom is 0.122 e. The summed E-state index contributed by atoms with van der Waals surface area (Å²) in [5, 5.41) is 15.2. The van der Waals surface area contributed by atoms with Gasteiger partial charge in [-0.15, -0.1) is 0 Å². The van der Waals surface area contributed by atoms with Crippen molar-refractivity contribution in [1.29, 1.82) is 10.5 Å². The van der Waals surface area contributed by atoms with Crippen LogP contribution < -0.4 is 4.74 Å². The van der Waals surface area contributed by atoms with Gasteiger partial charge >= 0.3 is 0 Å². The summed E-state index contributed by atoms with van der Waals surface area (Å²) in [5.41, 5.74) is 0. The first-order chi connectivity index (χ1) is 6.35. The minimum atomic E-state index is 0. The van der Waals surface area contributed by atoms with E-state index in [2.05, 4.69) is 0 Å². The van der Waals surface area contributed by atoms with Crippen LogP contribution in [0.5, 0.6) is 5.75 Å². The maximum atomic E-state index is 7.59. The molecule has 0 radical (unpaired) electrons. The second-order valence-corrected chi connectivity index (χ2v) is 2.01. The zero-order valence-corrected chi connectivity index (χ0v) is 7.40. The molecule has 0 aliphatic carbocycles. The number of benzene rings is 1. The number of nitrogens with zero attached hydrogens (tertiary/aromatic N) is 2. The number of para-hydroxylation sites is 1. The summed E-state index contributed by atoms with van der Waals surface area (Å²) >= 11 is 0. The zero-order chi connectivity index (χ0) is 9.94. The molecule has 0 aliphatic heterocycles. The molecule has 0 heterocycles. The van der Waals surface area contributed by atoms with E-state index in [4.69, 9.17) is 15.3 Å². The Morgan fingerprint density at radius 2 is 1.69 bits per heavy atom. The van der Waals surface area contributed by atoms with Gasteiger partial charge in [-0.25, -0.2) is 0 Å². The van der Waals surface area contributed by atoms with E-state index >= 15 is 0 Å². The zero-order valence-electron chi connectivity index (χ0n) is 7.40. The Hall–Kier alpha value is -2.00. The molecule has 66 valence electrons. The molecular formula is C10H10N2O. The highest BCUT2D eigenvalue weighted by atomic mass is 16.5. The van der Waals surface area contributed by atoms with Gasteiger partial charge in [-0.2, -0.15) is 10.5 Å². The molecular weight excluding hydrogens is 164 g/mol. The van der Waals surface area contributed by atoms with Crippen molar-refractivity contribution in [2.75, 3.05) is 7.11 Å². The van der Waals surface area contributed by atoms with Crippen molar-refractivity contribution in [3.63, 3.8) is 0 Å². The molecule has 0 amide bonds. The lowest BCUT2D eigenvalue weighted by Gasteiger charge is -1.93. The van der Waals surface area contributed by atoms with E-state index in [0.29, 0.717) is 0 Å². The van der Waals surface area contributed by atoms with E-state index in [1.54, 1.807) is 19.2 Å². The van der Waals surface area contributed by atoms with Crippen molar-refractivity contribution in [2.45, 2.75) is 6.42 Å². The number of hydrogen-bond donors (Lipinski definition) is 0. The van der Waals surface area contributed by atoms with Gasteiger partial charge < -0.3 is 4.74 Å². The fourth-order valence-electron chi connectivity index (χ4n) is 0.592. The number of nitriles is 2. The minimum Gasteiger partial charge on any atom is -0.497 e. The molecule has 0 bridgehead atoms. The van der Waals surface area contributed by atoms with Crippen molar-refractivity contribution < 1.29 is 4.74 Å². The van der Waals surface area contributed by atoms with Gasteiger partial charge in [-0.3, -0.25) is 0 Å². The van der Waals surface area contributed by atoms with E-state index in [-0.39, 0.29) is 6.42 Å². The summed E-state index contributed by atoms with van der Waals surface area (Å²) in [6, 6.07) is 13.0. The molecule has 0 saturated carbocycles. The van der Waals surface area contributed by atoms with Crippen molar-refractivity contribution >= 4 is 0 Å². The predicted molar refractivity (Wildman–Crippen MR) is 48.8 cm³/mol. The molecule has 0 aliphatic rings. The lowest BCUT2D eigenvalue weighted by molar-refractivity contribution is 0.415. The fourth-order valence-corrected chi connectivity index (χ4v) is 0.592. The monoisotopic (exact) mass is 174 g/mol. The summed E-state index contributed by atoms with van der Waals surface area (Å²) in [6.07, 6.45) is 0. The van der Waals surface area contributed by atoms with Gasteiger partial charge in [0.05, 0.1) is 19.2 Å². The summed E-state index contributed by atoms with van der Waals surface area (Å²) in [7, 11) is 1.66. The normalized spacial score (nSPS) is 7.00. The van der Waals surface area contributed by atoms with Gasteiger partial charge in [0, 0.05) is 0 Å². The van der Waals surface area contributed by atoms with Gasteiger partial charge in [-0.1, -0.05) is 18.2 Å². The Morgan fingerprint density at radius 3 is 1.92 bits per heavy atom. The molecule has 1 aromatic rings. The number of rotatable bonds is 1. The van der Waals surface area contributed by atoms with Crippen molar-refractivity contribution in [3.8, 4) is 17.9 Å². The first kappa shape index (κ1) is 11.0. The van der Waals surface area contributed by atoms with Crippen LogP contribution in [0.15, 0.2) is 30.3 Å². The van der Waals surface area contributed by atoms with Gasteiger partial charge in [-0.05, 0) is 12.1 Å². The lowest BCUT2D eigenvalue weighted by Crippen LogP contribution is -1.78. The highest BCUT2D eigenvalue weighted by molar-refractivity contribution is 5.20. The van der Waals surface area contributed by atoms with Crippen molar-refractivity contribution in [1.82, 2.24) is 0 Å². The summed E-state index contributed by atoms with van der Waals surface area (Å²) < 4.78 is 4.91. The molecule has 0 fully saturated rings. The molecule has 3 heteroatoms. The van der Waals surface area contributed by atoms with Gasteiger partial charge in [0.25, 0.3) is 0 Å². The molecule has 1 aromatic carbocycles. The number of methoxy groups -OCH3 is 1. The van der Waals surface area contributed by atoms with Gasteiger partial charge in [0.15, 0.2) is 0 Å². The summed E-state index contributed by atoms with van der Waals surface area (Å²) in [6.45, 7) is 0. The van der Waals surface area contributed by atoms with Crippen molar-refractivity contribution in [3.05, 3.63) is 30.3 Å². The van der Waals surface area contributed by atoms with E-state index in [0.717, 1.165) is 5.75 Å². The second kappa shape index (κ2) is 8.10. The quantitative estimate of drug-likeness (QED) is 0.655. The third-order valence-corrected chi connectivity index (χ3v) is 1.14. The lowest BCUT2D eigenvalue weighted by atomic mass is 10.3.